The van der Waals surface area contributed by atoms with E-state index in [0.29, 0.717) is 37.1 Å². The number of sulfonamides is 1. The van der Waals surface area contributed by atoms with Gasteiger partial charge in [-0.3, -0.25) is 0 Å². The first-order valence-corrected chi connectivity index (χ1v) is 9.78. The standard InChI is InChI=1S/C15H22ClN3O3S/c1-23(21,22)19-8-6-13(7-9-19)11-18-15(20)17-10-12-2-4-14(16)5-3-12/h2-5,13H,6-11H2,1H3,(H2,17,18,20). The van der Waals surface area contributed by atoms with E-state index in [0.717, 1.165) is 18.4 Å². The molecule has 0 aliphatic carbocycles. The average molecular weight is 360 g/mol. The first-order chi connectivity index (χ1) is 10.8. The third kappa shape index (κ3) is 6.01. The Balaban J connectivity index is 1.66. The molecule has 2 N–H and O–H groups in total. The van der Waals surface area contributed by atoms with Gasteiger partial charge in [0.25, 0.3) is 0 Å². The minimum atomic E-state index is -3.10. The maximum Gasteiger partial charge on any atom is 0.315 e. The predicted octanol–water partition coefficient (Wildman–Crippen LogP) is 1.81. The van der Waals surface area contributed by atoms with Gasteiger partial charge in [0.05, 0.1) is 6.26 Å². The molecule has 8 heteroatoms. The van der Waals surface area contributed by atoms with Crippen LogP contribution in [0, 0.1) is 5.92 Å². The molecule has 1 aromatic carbocycles. The second kappa shape index (κ2) is 7.99. The summed E-state index contributed by atoms with van der Waals surface area (Å²) in [6, 6.07) is 7.08. The van der Waals surface area contributed by atoms with Crippen LogP contribution in [0.5, 0.6) is 0 Å². The van der Waals surface area contributed by atoms with E-state index in [4.69, 9.17) is 11.6 Å². The van der Waals surface area contributed by atoms with E-state index in [2.05, 4.69) is 10.6 Å². The minimum Gasteiger partial charge on any atom is -0.338 e. The van der Waals surface area contributed by atoms with Crippen LogP contribution < -0.4 is 10.6 Å². The van der Waals surface area contributed by atoms with Crippen molar-refractivity contribution in [2.24, 2.45) is 5.92 Å². The van der Waals surface area contributed by atoms with Crippen molar-refractivity contribution in [1.29, 1.82) is 0 Å². The zero-order valence-corrected chi connectivity index (χ0v) is 14.7. The highest BCUT2D eigenvalue weighted by Crippen LogP contribution is 2.18. The quantitative estimate of drug-likeness (QED) is 0.841. The van der Waals surface area contributed by atoms with E-state index in [1.54, 1.807) is 12.1 Å². The normalized spacial score (nSPS) is 17.0. The van der Waals surface area contributed by atoms with Gasteiger partial charge in [0.2, 0.25) is 10.0 Å². The lowest BCUT2D eigenvalue weighted by molar-refractivity contribution is 0.231. The molecular formula is C15H22ClN3O3S. The molecule has 1 aromatic rings. The molecule has 128 valence electrons. The molecule has 0 radical (unpaired) electrons. The molecule has 0 atom stereocenters. The Morgan fingerprint density at radius 3 is 2.39 bits per heavy atom. The fourth-order valence-electron chi connectivity index (χ4n) is 2.53. The maximum atomic E-state index is 11.8. The molecule has 1 fully saturated rings. The van der Waals surface area contributed by atoms with Gasteiger partial charge in [-0.15, -0.1) is 0 Å². The van der Waals surface area contributed by atoms with Gasteiger partial charge >= 0.3 is 6.03 Å². The highest BCUT2D eigenvalue weighted by atomic mass is 35.5. The summed E-state index contributed by atoms with van der Waals surface area (Å²) >= 11 is 5.81. The summed E-state index contributed by atoms with van der Waals surface area (Å²) in [4.78, 5) is 11.8. The zero-order valence-electron chi connectivity index (χ0n) is 13.1. The van der Waals surface area contributed by atoms with Crippen molar-refractivity contribution in [3.8, 4) is 0 Å². The summed E-state index contributed by atoms with van der Waals surface area (Å²) in [5, 5.41) is 6.30. The molecule has 1 saturated heterocycles. The predicted molar refractivity (Wildman–Crippen MR) is 90.8 cm³/mol. The number of rotatable bonds is 5. The third-order valence-corrected chi connectivity index (χ3v) is 5.52. The van der Waals surface area contributed by atoms with Crippen LogP contribution in [-0.4, -0.2) is 44.6 Å². The number of nitrogens with zero attached hydrogens (tertiary/aromatic N) is 1. The number of hydrogen-bond acceptors (Lipinski definition) is 3. The molecule has 6 nitrogen and oxygen atoms in total. The molecular weight excluding hydrogens is 338 g/mol. The summed E-state index contributed by atoms with van der Waals surface area (Å²) in [6.45, 7) is 2.05. The Labute approximate surface area is 142 Å². The van der Waals surface area contributed by atoms with Crippen LogP contribution >= 0.6 is 11.6 Å². The molecule has 0 saturated carbocycles. The molecule has 2 rings (SSSR count). The van der Waals surface area contributed by atoms with Crippen LogP contribution in [0.15, 0.2) is 24.3 Å². The lowest BCUT2D eigenvalue weighted by Crippen LogP contribution is -2.43. The number of carbonyl (C=O) groups is 1. The number of amides is 2. The van der Waals surface area contributed by atoms with Crippen molar-refractivity contribution >= 4 is 27.7 Å². The van der Waals surface area contributed by atoms with E-state index < -0.39 is 10.0 Å². The Hall–Kier alpha value is -1.31. The van der Waals surface area contributed by atoms with Crippen LogP contribution in [-0.2, 0) is 16.6 Å². The SMILES string of the molecule is CS(=O)(=O)N1CCC(CNC(=O)NCc2ccc(Cl)cc2)CC1. The van der Waals surface area contributed by atoms with E-state index in [9.17, 15) is 13.2 Å². The Morgan fingerprint density at radius 1 is 1.22 bits per heavy atom. The number of piperidine rings is 1. The first-order valence-electron chi connectivity index (χ1n) is 7.56. The maximum absolute atomic E-state index is 11.8. The van der Waals surface area contributed by atoms with E-state index in [1.165, 1.54) is 10.6 Å². The summed E-state index contributed by atoms with van der Waals surface area (Å²) in [5.74, 6) is 0.314. The number of benzene rings is 1. The van der Waals surface area contributed by atoms with Gasteiger partial charge in [-0.2, -0.15) is 0 Å². The Kier molecular flexibility index (Phi) is 6.26. The lowest BCUT2D eigenvalue weighted by atomic mass is 9.98. The number of hydrogen-bond donors (Lipinski definition) is 2. The lowest BCUT2D eigenvalue weighted by Gasteiger charge is -2.30. The molecule has 1 aliphatic heterocycles. The van der Waals surface area contributed by atoms with Crippen molar-refractivity contribution < 1.29 is 13.2 Å². The first kappa shape index (κ1) is 18.0. The van der Waals surface area contributed by atoms with Crippen molar-refractivity contribution in [3.63, 3.8) is 0 Å². The number of nitrogens with one attached hydrogen (secondary N) is 2. The van der Waals surface area contributed by atoms with E-state index >= 15 is 0 Å². The molecule has 2 amide bonds. The average Bonchev–Trinajstić information content (AvgIpc) is 2.52. The fourth-order valence-corrected chi connectivity index (χ4v) is 3.53. The molecule has 1 heterocycles. The van der Waals surface area contributed by atoms with Crippen molar-refractivity contribution in [2.45, 2.75) is 19.4 Å². The van der Waals surface area contributed by atoms with Gasteiger partial charge in [-0.25, -0.2) is 17.5 Å². The fraction of sp³-hybridized carbons (Fsp3) is 0.533. The second-order valence-electron chi connectivity index (χ2n) is 5.80. The number of carbonyl (C=O) groups excluding carboxylic acids is 1. The summed E-state index contributed by atoms with van der Waals surface area (Å²) in [7, 11) is -3.10. The van der Waals surface area contributed by atoms with Gasteiger partial charge < -0.3 is 10.6 Å². The molecule has 0 bridgehead atoms. The minimum absolute atomic E-state index is 0.217. The molecule has 0 spiro atoms. The number of urea groups is 1. The topological polar surface area (TPSA) is 78.5 Å². The Morgan fingerprint density at radius 2 is 1.83 bits per heavy atom. The summed E-state index contributed by atoms with van der Waals surface area (Å²) in [6.07, 6.45) is 2.77. The molecule has 0 unspecified atom stereocenters. The summed E-state index contributed by atoms with van der Waals surface area (Å²) in [5.41, 5.74) is 0.978. The van der Waals surface area contributed by atoms with Gasteiger partial charge in [0.15, 0.2) is 0 Å². The monoisotopic (exact) mass is 359 g/mol. The van der Waals surface area contributed by atoms with Crippen LogP contribution in [0.25, 0.3) is 0 Å². The number of halogens is 1. The molecule has 23 heavy (non-hydrogen) atoms. The van der Waals surface area contributed by atoms with Gasteiger partial charge in [0.1, 0.15) is 0 Å². The largest absolute Gasteiger partial charge is 0.338 e. The van der Waals surface area contributed by atoms with E-state index in [-0.39, 0.29) is 6.03 Å². The molecule has 1 aliphatic rings. The zero-order chi connectivity index (χ0) is 16.9. The van der Waals surface area contributed by atoms with Crippen molar-refractivity contribution in [2.75, 3.05) is 25.9 Å². The highest BCUT2D eigenvalue weighted by Gasteiger charge is 2.24. The highest BCUT2D eigenvalue weighted by molar-refractivity contribution is 7.88. The molecule has 0 aromatic heterocycles. The van der Waals surface area contributed by atoms with E-state index in [1.807, 2.05) is 12.1 Å². The summed E-state index contributed by atoms with van der Waals surface area (Å²) < 4.78 is 24.4. The van der Waals surface area contributed by atoms with Crippen LogP contribution in [0.1, 0.15) is 18.4 Å². The van der Waals surface area contributed by atoms with Gasteiger partial charge in [-0.1, -0.05) is 23.7 Å². The van der Waals surface area contributed by atoms with Crippen molar-refractivity contribution in [3.05, 3.63) is 34.9 Å². The van der Waals surface area contributed by atoms with Crippen LogP contribution in [0.3, 0.4) is 0 Å². The van der Waals surface area contributed by atoms with Crippen LogP contribution in [0.4, 0.5) is 4.79 Å². The van der Waals surface area contributed by atoms with Crippen LogP contribution in [0.2, 0.25) is 5.02 Å². The van der Waals surface area contributed by atoms with Gasteiger partial charge in [-0.05, 0) is 36.5 Å². The smallest absolute Gasteiger partial charge is 0.315 e. The van der Waals surface area contributed by atoms with Gasteiger partial charge in [0, 0.05) is 31.2 Å². The van der Waals surface area contributed by atoms with Crippen molar-refractivity contribution in [1.82, 2.24) is 14.9 Å². The second-order valence-corrected chi connectivity index (χ2v) is 8.21. The third-order valence-electron chi connectivity index (χ3n) is 3.96. The Bertz CT molecular complexity index is 626.